The number of hydrogen-bond donors (Lipinski definition) is 0. The normalized spacial score (nSPS) is 15.2. The highest BCUT2D eigenvalue weighted by Crippen LogP contribution is 2.54. The van der Waals surface area contributed by atoms with Crippen LogP contribution in [0.2, 0.25) is 0 Å². The third kappa shape index (κ3) is 5.68. The Kier molecular flexibility index (Phi) is 8.48. The van der Waals surface area contributed by atoms with Gasteiger partial charge in [-0.3, -0.25) is 0 Å². The average molecular weight is 722 g/mol. The second-order valence-electron chi connectivity index (χ2n) is 16.4. The van der Waals surface area contributed by atoms with Crippen LogP contribution in [-0.4, -0.2) is 0 Å². The molecule has 0 saturated heterocycles. The molecular formula is C55H47N. The Balaban J connectivity index is 1.12. The summed E-state index contributed by atoms with van der Waals surface area (Å²) in [5, 5.41) is 2.54. The van der Waals surface area contributed by atoms with Crippen molar-refractivity contribution in [2.24, 2.45) is 0 Å². The van der Waals surface area contributed by atoms with Gasteiger partial charge in [-0.15, -0.1) is 0 Å². The van der Waals surface area contributed by atoms with Crippen LogP contribution in [-0.2, 0) is 10.8 Å². The summed E-state index contributed by atoms with van der Waals surface area (Å²) in [6, 6.07) is 70.2. The number of hydrogen-bond acceptors (Lipinski definition) is 1. The quantitative estimate of drug-likeness (QED) is 0.158. The lowest BCUT2D eigenvalue weighted by atomic mass is 9.65. The molecule has 0 aliphatic heterocycles. The van der Waals surface area contributed by atoms with Crippen molar-refractivity contribution < 1.29 is 0 Å². The van der Waals surface area contributed by atoms with Crippen LogP contribution >= 0.6 is 0 Å². The molecule has 56 heavy (non-hydrogen) atoms. The molecule has 8 aromatic rings. The van der Waals surface area contributed by atoms with Crippen molar-refractivity contribution in [1.29, 1.82) is 0 Å². The highest BCUT2D eigenvalue weighted by molar-refractivity contribution is 5.97. The molecule has 0 spiro atoms. The minimum atomic E-state index is -0.105. The molecule has 8 aromatic carbocycles. The van der Waals surface area contributed by atoms with Gasteiger partial charge in [0.15, 0.2) is 0 Å². The minimum Gasteiger partial charge on any atom is -0.310 e. The fraction of sp³-hybridized carbons (Fsp3) is 0.164. The lowest BCUT2D eigenvalue weighted by Crippen LogP contribution is -2.30. The first kappa shape index (κ1) is 34.3. The first-order valence-electron chi connectivity index (χ1n) is 20.4. The van der Waals surface area contributed by atoms with E-state index >= 15 is 0 Å². The molecule has 2 aliphatic rings. The van der Waals surface area contributed by atoms with Gasteiger partial charge in [-0.25, -0.2) is 0 Å². The van der Waals surface area contributed by atoms with Crippen LogP contribution < -0.4 is 4.90 Å². The van der Waals surface area contributed by atoms with Gasteiger partial charge in [0, 0.05) is 27.9 Å². The maximum atomic E-state index is 2.46. The fourth-order valence-corrected chi connectivity index (χ4v) is 10.1. The zero-order valence-electron chi connectivity index (χ0n) is 32.4. The van der Waals surface area contributed by atoms with Crippen molar-refractivity contribution in [1.82, 2.24) is 0 Å². The SMILES string of the molecule is CC1(C)c2ccc(N(c3ccc(-c4cccc5ccccc45)cc3)c3ccc(C4(c5ccccc5)CCCCC4)cc3)cc2-c2c(-c3ccccc3)cccc21. The molecule has 10 rings (SSSR count). The summed E-state index contributed by atoms with van der Waals surface area (Å²) in [6.07, 6.45) is 6.24. The lowest BCUT2D eigenvalue weighted by Gasteiger charge is -2.39. The Bertz CT molecular complexity index is 2660. The lowest BCUT2D eigenvalue weighted by molar-refractivity contribution is 0.346. The van der Waals surface area contributed by atoms with Gasteiger partial charge in [-0.05, 0) is 116 Å². The van der Waals surface area contributed by atoms with E-state index in [1.807, 2.05) is 0 Å². The highest BCUT2D eigenvalue weighted by Gasteiger charge is 2.38. The second-order valence-corrected chi connectivity index (χ2v) is 16.4. The largest absolute Gasteiger partial charge is 0.310 e. The molecule has 2 aliphatic carbocycles. The van der Waals surface area contributed by atoms with Gasteiger partial charge in [0.25, 0.3) is 0 Å². The van der Waals surface area contributed by atoms with E-state index < -0.39 is 0 Å². The first-order chi connectivity index (χ1) is 27.5. The van der Waals surface area contributed by atoms with Gasteiger partial charge in [0.05, 0.1) is 0 Å². The van der Waals surface area contributed by atoms with Crippen LogP contribution in [0.15, 0.2) is 188 Å². The van der Waals surface area contributed by atoms with Crippen LogP contribution in [0.5, 0.6) is 0 Å². The summed E-state index contributed by atoms with van der Waals surface area (Å²) in [5.41, 5.74) is 16.8. The summed E-state index contributed by atoms with van der Waals surface area (Å²) in [7, 11) is 0. The Morgan fingerprint density at radius 2 is 0.982 bits per heavy atom. The molecule has 0 bridgehead atoms. The zero-order valence-corrected chi connectivity index (χ0v) is 32.4. The topological polar surface area (TPSA) is 3.24 Å². The van der Waals surface area contributed by atoms with E-state index in [-0.39, 0.29) is 10.8 Å². The summed E-state index contributed by atoms with van der Waals surface area (Å²) >= 11 is 0. The van der Waals surface area contributed by atoms with Crippen molar-refractivity contribution in [2.75, 3.05) is 4.90 Å². The predicted octanol–water partition coefficient (Wildman–Crippen LogP) is 15.2. The van der Waals surface area contributed by atoms with Crippen LogP contribution in [0, 0.1) is 0 Å². The molecule has 0 aromatic heterocycles. The second kappa shape index (κ2) is 13.8. The molecule has 0 amide bonds. The molecule has 0 atom stereocenters. The van der Waals surface area contributed by atoms with Crippen LogP contribution in [0.3, 0.4) is 0 Å². The smallest absolute Gasteiger partial charge is 0.0468 e. The van der Waals surface area contributed by atoms with E-state index in [0.717, 1.165) is 11.4 Å². The Hall–Kier alpha value is -6.18. The van der Waals surface area contributed by atoms with Gasteiger partial charge >= 0.3 is 0 Å². The molecule has 0 N–H and O–H groups in total. The van der Waals surface area contributed by atoms with Gasteiger partial charge < -0.3 is 4.90 Å². The molecule has 0 unspecified atom stereocenters. The third-order valence-corrected chi connectivity index (χ3v) is 13.0. The number of rotatable bonds is 7. The summed E-state index contributed by atoms with van der Waals surface area (Å²) in [6.45, 7) is 4.75. The van der Waals surface area contributed by atoms with Crippen molar-refractivity contribution in [3.63, 3.8) is 0 Å². The maximum Gasteiger partial charge on any atom is 0.0468 e. The van der Waals surface area contributed by atoms with E-state index in [4.69, 9.17) is 0 Å². The third-order valence-electron chi connectivity index (χ3n) is 13.0. The van der Waals surface area contributed by atoms with E-state index in [0.29, 0.717) is 0 Å². The molecule has 272 valence electrons. The van der Waals surface area contributed by atoms with E-state index in [9.17, 15) is 0 Å². The number of benzene rings is 8. The van der Waals surface area contributed by atoms with Crippen LogP contribution in [0.1, 0.15) is 68.2 Å². The average Bonchev–Trinajstić information content (AvgIpc) is 3.50. The molecule has 1 saturated carbocycles. The standard InChI is InChI=1S/C55H47N/c1-54(2)51-35-34-46(38-50(51)53-49(24-15-25-52(53)54)40-16-6-3-7-17-40)56(44-30-26-41(27-31-44)48-23-14-19-39-18-10-11-22-47(39)48)45-32-28-43(29-33-45)55(36-12-5-13-37-55)42-20-8-4-9-21-42/h3-4,6-11,14-35,38H,5,12-13,36-37H2,1-2H3. The fourth-order valence-electron chi connectivity index (χ4n) is 10.1. The van der Waals surface area contributed by atoms with Crippen molar-refractivity contribution >= 4 is 27.8 Å². The molecule has 0 radical (unpaired) electrons. The minimum absolute atomic E-state index is 0.0552. The predicted molar refractivity (Wildman–Crippen MR) is 237 cm³/mol. The first-order valence-corrected chi connectivity index (χ1v) is 20.4. The monoisotopic (exact) mass is 721 g/mol. The Morgan fingerprint density at radius 1 is 0.411 bits per heavy atom. The molecule has 1 fully saturated rings. The van der Waals surface area contributed by atoms with Gasteiger partial charge in [-0.1, -0.05) is 185 Å². The summed E-state index contributed by atoms with van der Waals surface area (Å²) in [4.78, 5) is 2.46. The summed E-state index contributed by atoms with van der Waals surface area (Å²) in [5.74, 6) is 0. The van der Waals surface area contributed by atoms with Gasteiger partial charge in [0.1, 0.15) is 0 Å². The van der Waals surface area contributed by atoms with Gasteiger partial charge in [-0.2, -0.15) is 0 Å². The van der Waals surface area contributed by atoms with Gasteiger partial charge in [0.2, 0.25) is 0 Å². The Morgan fingerprint density at radius 3 is 1.73 bits per heavy atom. The van der Waals surface area contributed by atoms with E-state index in [2.05, 4.69) is 207 Å². The van der Waals surface area contributed by atoms with Crippen molar-refractivity contribution in [3.8, 4) is 33.4 Å². The van der Waals surface area contributed by atoms with Crippen molar-refractivity contribution in [2.45, 2.75) is 56.8 Å². The number of fused-ring (bicyclic) bond motifs is 4. The van der Waals surface area contributed by atoms with Crippen molar-refractivity contribution in [3.05, 3.63) is 210 Å². The van der Waals surface area contributed by atoms with Crippen LogP contribution in [0.25, 0.3) is 44.2 Å². The van der Waals surface area contributed by atoms with E-state index in [1.165, 1.54) is 104 Å². The zero-order chi connectivity index (χ0) is 37.7. The number of anilines is 3. The number of nitrogens with zero attached hydrogens (tertiary/aromatic N) is 1. The molecule has 1 heteroatoms. The highest BCUT2D eigenvalue weighted by atomic mass is 15.1. The van der Waals surface area contributed by atoms with E-state index in [1.54, 1.807) is 0 Å². The Labute approximate surface area is 331 Å². The molecular weight excluding hydrogens is 675 g/mol. The maximum absolute atomic E-state index is 2.46. The molecule has 0 heterocycles. The van der Waals surface area contributed by atoms with Crippen LogP contribution in [0.4, 0.5) is 17.1 Å². The molecule has 1 nitrogen and oxygen atoms in total. The summed E-state index contributed by atoms with van der Waals surface area (Å²) < 4.78 is 0.